The fraction of sp³-hybridized carbons (Fsp3) is 0.333. The van der Waals surface area contributed by atoms with Crippen LogP contribution in [0.1, 0.15) is 37.7 Å². The van der Waals surface area contributed by atoms with E-state index in [0.717, 1.165) is 20.9 Å². The molecule has 1 amide bonds. The molecule has 0 radical (unpaired) electrons. The number of allylic oxidation sites excluding steroid dienone is 2. The first kappa shape index (κ1) is 17.4. The van der Waals surface area contributed by atoms with Crippen LogP contribution in [0.2, 0.25) is 0 Å². The second-order valence-corrected chi connectivity index (χ2v) is 7.74. The summed E-state index contributed by atoms with van der Waals surface area (Å²) in [7, 11) is 0. The summed E-state index contributed by atoms with van der Waals surface area (Å²) in [5.41, 5.74) is 3.93. The maximum Gasteiger partial charge on any atom is 0.274 e. The van der Waals surface area contributed by atoms with E-state index in [1.807, 2.05) is 36.2 Å². The minimum absolute atomic E-state index is 0.0164. The van der Waals surface area contributed by atoms with Crippen molar-refractivity contribution in [2.24, 2.45) is 0 Å². The van der Waals surface area contributed by atoms with Crippen molar-refractivity contribution in [1.29, 1.82) is 0 Å². The highest BCUT2D eigenvalue weighted by molar-refractivity contribution is 9.12. The number of pyridine rings is 1. The average molecular weight is 453 g/mol. The van der Waals surface area contributed by atoms with Gasteiger partial charge in [0.2, 0.25) is 0 Å². The Labute approximate surface area is 158 Å². The molecule has 1 atom stereocenters. The molecular formula is C18H19Br2N3O. The number of rotatable bonds is 2. The lowest BCUT2D eigenvalue weighted by atomic mass is 9.94. The standard InChI is InChI=1S/C18H19Br2N3O/c1-4-16(20)15-7-8-22(12(3)11(15)2)18(24)17-9-14-6-5-13(19)10-23(14)21-17/h4-6,9-10,12H,7-8H2,1-3H3/b16-4+. The molecular weight excluding hydrogens is 434 g/mol. The molecule has 24 heavy (non-hydrogen) atoms. The minimum atomic E-state index is -0.0164. The molecule has 0 saturated heterocycles. The first-order chi connectivity index (χ1) is 11.4. The molecule has 1 aliphatic heterocycles. The fourth-order valence-electron chi connectivity index (χ4n) is 3.08. The van der Waals surface area contributed by atoms with Crippen LogP contribution in [0.15, 0.2) is 50.6 Å². The highest BCUT2D eigenvalue weighted by Crippen LogP contribution is 2.32. The van der Waals surface area contributed by atoms with Crippen molar-refractivity contribution >= 4 is 43.3 Å². The smallest absolute Gasteiger partial charge is 0.274 e. The van der Waals surface area contributed by atoms with Gasteiger partial charge in [-0.25, -0.2) is 4.52 Å². The lowest BCUT2D eigenvalue weighted by molar-refractivity contribution is 0.0701. The molecule has 0 saturated carbocycles. The topological polar surface area (TPSA) is 37.6 Å². The normalized spacial score (nSPS) is 19.3. The number of nitrogens with zero attached hydrogens (tertiary/aromatic N) is 3. The zero-order chi connectivity index (χ0) is 17.4. The van der Waals surface area contributed by atoms with Gasteiger partial charge >= 0.3 is 0 Å². The molecule has 4 nitrogen and oxygen atoms in total. The SMILES string of the molecule is C/C=C(/Br)C1=C(C)C(C)N(C(=O)c2cc3ccc(Br)cn3n2)CC1. The van der Waals surface area contributed by atoms with E-state index in [2.05, 4.69) is 56.9 Å². The number of hydrogen-bond donors (Lipinski definition) is 0. The van der Waals surface area contributed by atoms with Gasteiger partial charge in [0.05, 0.1) is 11.6 Å². The number of fused-ring (bicyclic) bond motifs is 1. The molecule has 0 bridgehead atoms. The third-order valence-corrected chi connectivity index (χ3v) is 6.02. The van der Waals surface area contributed by atoms with Gasteiger partial charge in [-0.15, -0.1) is 0 Å². The van der Waals surface area contributed by atoms with Gasteiger partial charge in [0.15, 0.2) is 5.69 Å². The quantitative estimate of drug-likeness (QED) is 0.646. The van der Waals surface area contributed by atoms with Crippen molar-refractivity contribution < 1.29 is 4.79 Å². The maximum absolute atomic E-state index is 12.9. The summed E-state index contributed by atoms with van der Waals surface area (Å²) in [6.07, 6.45) is 4.77. The Morgan fingerprint density at radius 1 is 1.42 bits per heavy atom. The van der Waals surface area contributed by atoms with Crippen molar-refractivity contribution in [3.05, 3.63) is 56.3 Å². The maximum atomic E-state index is 12.9. The molecule has 0 spiro atoms. The van der Waals surface area contributed by atoms with Gasteiger partial charge in [-0.2, -0.15) is 5.10 Å². The number of aromatic nitrogens is 2. The molecule has 3 heterocycles. The Kier molecular flexibility index (Phi) is 4.97. The summed E-state index contributed by atoms with van der Waals surface area (Å²) < 4.78 is 3.79. The van der Waals surface area contributed by atoms with Gasteiger partial charge in [-0.3, -0.25) is 4.79 Å². The van der Waals surface area contributed by atoms with E-state index in [9.17, 15) is 4.79 Å². The van der Waals surface area contributed by atoms with Crippen LogP contribution < -0.4 is 0 Å². The average Bonchev–Trinajstić information content (AvgIpc) is 2.99. The van der Waals surface area contributed by atoms with Crippen LogP contribution in [0, 0.1) is 0 Å². The van der Waals surface area contributed by atoms with Gasteiger partial charge in [-0.05, 0) is 72.5 Å². The summed E-state index contributed by atoms with van der Waals surface area (Å²) >= 11 is 7.05. The molecule has 126 valence electrons. The van der Waals surface area contributed by atoms with E-state index < -0.39 is 0 Å². The summed E-state index contributed by atoms with van der Waals surface area (Å²) in [6.45, 7) is 6.90. The van der Waals surface area contributed by atoms with Crippen LogP contribution in [0.4, 0.5) is 0 Å². The predicted octanol–water partition coefficient (Wildman–Crippen LogP) is 4.95. The summed E-state index contributed by atoms with van der Waals surface area (Å²) in [4.78, 5) is 14.9. The van der Waals surface area contributed by atoms with E-state index in [1.54, 1.807) is 4.52 Å². The molecule has 1 aliphatic rings. The van der Waals surface area contributed by atoms with Crippen molar-refractivity contribution in [1.82, 2.24) is 14.5 Å². The van der Waals surface area contributed by atoms with Gasteiger partial charge in [0.1, 0.15) is 0 Å². The number of hydrogen-bond acceptors (Lipinski definition) is 2. The lowest BCUT2D eigenvalue weighted by Gasteiger charge is -2.35. The highest BCUT2D eigenvalue weighted by Gasteiger charge is 2.30. The number of halogens is 2. The van der Waals surface area contributed by atoms with Crippen LogP contribution in [-0.4, -0.2) is 33.0 Å². The van der Waals surface area contributed by atoms with E-state index in [0.29, 0.717) is 12.2 Å². The van der Waals surface area contributed by atoms with Gasteiger partial charge in [-0.1, -0.05) is 22.0 Å². The lowest BCUT2D eigenvalue weighted by Crippen LogP contribution is -2.43. The van der Waals surface area contributed by atoms with E-state index in [4.69, 9.17) is 0 Å². The molecule has 0 aliphatic carbocycles. The van der Waals surface area contributed by atoms with Gasteiger partial charge < -0.3 is 4.90 Å². The van der Waals surface area contributed by atoms with Crippen molar-refractivity contribution in [2.75, 3.05) is 6.54 Å². The molecule has 0 N–H and O–H groups in total. The highest BCUT2D eigenvalue weighted by atomic mass is 79.9. The third-order valence-electron chi connectivity index (χ3n) is 4.62. The minimum Gasteiger partial charge on any atom is -0.330 e. The summed E-state index contributed by atoms with van der Waals surface area (Å²) in [5.74, 6) is -0.0164. The van der Waals surface area contributed by atoms with Crippen LogP contribution >= 0.6 is 31.9 Å². The second kappa shape index (κ2) is 6.84. The Bertz CT molecular complexity index is 866. The first-order valence-corrected chi connectivity index (χ1v) is 9.48. The van der Waals surface area contributed by atoms with Crippen LogP contribution in [0.5, 0.6) is 0 Å². The zero-order valence-corrected chi connectivity index (χ0v) is 17.1. The largest absolute Gasteiger partial charge is 0.330 e. The van der Waals surface area contributed by atoms with E-state index in [1.165, 1.54) is 11.1 Å². The number of carbonyl (C=O) groups excluding carboxylic acids is 1. The Morgan fingerprint density at radius 2 is 2.17 bits per heavy atom. The summed E-state index contributed by atoms with van der Waals surface area (Å²) in [6, 6.07) is 5.80. The fourth-order valence-corrected chi connectivity index (χ4v) is 3.92. The number of amides is 1. The number of carbonyl (C=O) groups is 1. The Morgan fingerprint density at radius 3 is 2.88 bits per heavy atom. The van der Waals surface area contributed by atoms with Crippen molar-refractivity contribution in [2.45, 2.75) is 33.2 Å². The molecule has 3 rings (SSSR count). The molecule has 1 unspecified atom stereocenters. The summed E-state index contributed by atoms with van der Waals surface area (Å²) in [5, 5.41) is 4.44. The third kappa shape index (κ3) is 3.09. The van der Waals surface area contributed by atoms with Crippen LogP contribution in [-0.2, 0) is 0 Å². The Balaban J connectivity index is 1.91. The first-order valence-electron chi connectivity index (χ1n) is 7.90. The van der Waals surface area contributed by atoms with Crippen LogP contribution in [0.25, 0.3) is 5.52 Å². The molecule has 2 aromatic heterocycles. The molecule has 0 aromatic carbocycles. The second-order valence-electron chi connectivity index (χ2n) is 5.97. The van der Waals surface area contributed by atoms with Crippen LogP contribution in [0.3, 0.4) is 0 Å². The van der Waals surface area contributed by atoms with Gasteiger partial charge in [0, 0.05) is 21.7 Å². The predicted molar refractivity (Wildman–Crippen MR) is 103 cm³/mol. The Hall–Kier alpha value is -1.40. The van der Waals surface area contributed by atoms with E-state index >= 15 is 0 Å². The van der Waals surface area contributed by atoms with Crippen molar-refractivity contribution in [3.8, 4) is 0 Å². The van der Waals surface area contributed by atoms with Gasteiger partial charge in [0.25, 0.3) is 5.91 Å². The monoisotopic (exact) mass is 451 g/mol. The van der Waals surface area contributed by atoms with E-state index in [-0.39, 0.29) is 11.9 Å². The molecule has 0 fully saturated rings. The molecule has 6 heteroatoms. The zero-order valence-electron chi connectivity index (χ0n) is 13.9. The molecule has 2 aromatic rings. The van der Waals surface area contributed by atoms with Crippen molar-refractivity contribution in [3.63, 3.8) is 0 Å².